The van der Waals surface area contributed by atoms with Gasteiger partial charge in [0, 0.05) is 84.6 Å². The van der Waals surface area contributed by atoms with Crippen LogP contribution in [0, 0.1) is 0 Å². The quantitative estimate of drug-likeness (QED) is 0.00325. The molecule has 0 atom stereocenters. The van der Waals surface area contributed by atoms with E-state index in [-0.39, 0.29) is 119 Å². The van der Waals surface area contributed by atoms with Crippen molar-refractivity contribution < 1.29 is 145 Å². The minimum Gasteiger partial charge on any atom is -0.491 e. The molecule has 131 heavy (non-hydrogen) atoms. The first-order valence-corrected chi connectivity index (χ1v) is 46.2. The molecule has 0 amide bonds. The minimum atomic E-state index is -3.10. The van der Waals surface area contributed by atoms with E-state index in [1.54, 1.807) is 133 Å². The van der Waals surface area contributed by atoms with Crippen LogP contribution in [0.2, 0.25) is 6.55 Å². The van der Waals surface area contributed by atoms with E-state index in [1.165, 1.54) is 107 Å². The molecule has 0 saturated heterocycles. The summed E-state index contributed by atoms with van der Waals surface area (Å²) in [5, 5.41) is 85.3. The number of carbonyl (C=O) groups excluding carboxylic acids is 10. The first-order chi connectivity index (χ1) is 61.6. The monoisotopic (exact) mass is 1840 g/mol. The van der Waals surface area contributed by atoms with Crippen LogP contribution in [0.4, 0.5) is 0 Å². The normalized spacial score (nSPS) is 12.6. The van der Waals surface area contributed by atoms with Crippen LogP contribution >= 0.6 is 0 Å². The molecule has 1 aliphatic rings. The van der Waals surface area contributed by atoms with Crippen molar-refractivity contribution in [3.63, 3.8) is 0 Å². The lowest BCUT2D eigenvalue weighted by molar-refractivity contribution is -0.145. The largest absolute Gasteiger partial charge is 0.497 e. The molecular weight excluding hydrogens is 1710 g/mol. The third-order valence-electron chi connectivity index (χ3n) is 19.6. The van der Waals surface area contributed by atoms with Crippen molar-refractivity contribution in [1.82, 2.24) is 0 Å². The number of hydrogen-bond donors (Lipinski definition) is 9. The average Bonchev–Trinajstić information content (AvgIpc) is 0.809. The lowest BCUT2D eigenvalue weighted by Crippen LogP contribution is -2.43. The van der Waals surface area contributed by atoms with Crippen molar-refractivity contribution >= 4 is 67.2 Å². The van der Waals surface area contributed by atoms with E-state index < -0.39 is 65.4 Å². The van der Waals surface area contributed by atoms with Gasteiger partial charge >= 0.3 is 26.7 Å². The molecule has 9 N–H and O–H groups in total. The first-order valence-electron chi connectivity index (χ1n) is 43.9. The van der Waals surface area contributed by atoms with Gasteiger partial charge in [-0.05, 0) is 256 Å². The van der Waals surface area contributed by atoms with E-state index in [2.05, 4.69) is 4.89 Å². The summed E-state index contributed by atoms with van der Waals surface area (Å²) in [5.74, 6) is -0.957. The van der Waals surface area contributed by atoms with Gasteiger partial charge in [0.15, 0.2) is 46.2 Å². The maximum atomic E-state index is 12.3. The third kappa shape index (κ3) is 44.4. The predicted octanol–water partition coefficient (Wildman–Crippen LogP) is 14.7. The highest BCUT2D eigenvalue weighted by Crippen LogP contribution is 2.32. The zero-order chi connectivity index (χ0) is 97.5. The summed E-state index contributed by atoms with van der Waals surface area (Å²) in [6, 6.07) is 49.3. The number of benzene rings is 7. The highest BCUT2D eigenvalue weighted by atomic mass is 28.4. The SMILES string of the molecule is CC(C)(O)C(=O)c1ccc(OCCO)cc1.CC(C)(O)C(=O)c1ccc(OCCOC(=O)CCCCCO[Si](C)(OCCCCCC(=O)OCCOc2ccc(C(=O)C(C)(C)O)cc2)OCCCCCC(=O)OCCOc2ccc(C(=O)C(C)(C)O)cc2)cc1.CC(C)(O)C(=O)c1ccc(OO)cc1.CC(C)(O)C(=O)c1ccccc1.O=C(c1ccccc1)C1(O)CCCCC1. The Morgan fingerprint density at radius 3 is 0.779 bits per heavy atom. The fourth-order valence-corrected chi connectivity index (χ4v) is 14.1. The van der Waals surface area contributed by atoms with Crippen molar-refractivity contribution in [1.29, 1.82) is 0 Å². The van der Waals surface area contributed by atoms with Crippen molar-refractivity contribution in [2.75, 3.05) is 72.7 Å². The number of rotatable bonds is 51. The summed E-state index contributed by atoms with van der Waals surface area (Å²) in [5.41, 5.74) is -6.49. The molecule has 0 bridgehead atoms. The van der Waals surface area contributed by atoms with Gasteiger partial charge in [-0.1, -0.05) is 99.2 Å². The van der Waals surface area contributed by atoms with Crippen LogP contribution in [0.15, 0.2) is 182 Å². The number of ketones is 7. The molecule has 718 valence electrons. The maximum Gasteiger partial charge on any atom is 0.497 e. The summed E-state index contributed by atoms with van der Waals surface area (Å²) < 4.78 is 56.6. The van der Waals surface area contributed by atoms with Crippen molar-refractivity contribution in [3.05, 3.63) is 221 Å². The summed E-state index contributed by atoms with van der Waals surface area (Å²) in [7, 11) is -3.10. The Labute approximate surface area is 769 Å². The zero-order valence-corrected chi connectivity index (χ0v) is 78.7. The minimum absolute atomic E-state index is 0.0512. The predicted molar refractivity (Wildman–Crippen MR) is 491 cm³/mol. The second-order valence-electron chi connectivity index (χ2n) is 34.3. The Morgan fingerprint density at radius 1 is 0.298 bits per heavy atom. The number of aliphatic hydroxyl groups is 8. The van der Waals surface area contributed by atoms with Gasteiger partial charge in [-0.2, -0.15) is 0 Å². The smallest absolute Gasteiger partial charge is 0.491 e. The van der Waals surface area contributed by atoms with E-state index in [0.717, 1.165) is 19.3 Å². The molecule has 30 nitrogen and oxygen atoms in total. The number of unbranched alkanes of at least 4 members (excludes halogenated alkanes) is 6. The zero-order valence-electron chi connectivity index (χ0n) is 77.7. The number of Topliss-reactive ketones (excluding diaryl/α,β-unsaturated/α-hetero) is 7. The van der Waals surface area contributed by atoms with Crippen LogP contribution in [0.3, 0.4) is 0 Å². The fraction of sp³-hybridized carbons (Fsp3) is 0.480. The first kappa shape index (κ1) is 113. The van der Waals surface area contributed by atoms with Crippen LogP contribution < -0.4 is 23.8 Å². The van der Waals surface area contributed by atoms with Gasteiger partial charge in [0.05, 0.1) is 6.61 Å². The summed E-state index contributed by atoms with van der Waals surface area (Å²) in [6.45, 7) is 21.0. The van der Waals surface area contributed by atoms with Gasteiger partial charge in [0.25, 0.3) is 0 Å². The molecule has 0 aliphatic heterocycles. The molecule has 1 aliphatic carbocycles. The molecule has 7 aromatic carbocycles. The highest BCUT2D eigenvalue weighted by molar-refractivity contribution is 6.59. The standard InChI is InChI=1S/C55H78O18Si.C13H16O2.C12H16O4.C10H12O4.C10H12O2/c1-53(2,62)50(59)41-20-26-44(27-21-41)65-35-38-68-47(56)17-11-8-14-32-71-74(7,72-33-15-9-12-18-48(57)69-39-36-66-45-28-22-42(23-29-45)51(60)54(3,4)63)73-34-16-10-13-19-49(58)70-40-37-67-46-30-24-43(25-31-46)52(61)55(5,6)64;14-12(11-7-3-1-4-8-11)13(15)9-5-2-6-10-13;1-12(2,15)11(14)9-3-5-10(6-4-9)16-8-7-13;1-10(2,12)9(11)7-3-5-8(14-13)6-4-7;1-10(2,12)9(11)8-6-4-3-5-7-8/h20-31,62-64H,8-19,32-40H2,1-7H3;1,3-4,7-8,15H,2,5-6,9-10H2;3-6,13,15H,7-8H2,1-2H3;3-6,12-13H,1-2H3;3-7,12H,1-2H3. The topological polar surface area (TPSA) is 454 Å². The second-order valence-corrected chi connectivity index (χ2v) is 36.9. The maximum absolute atomic E-state index is 12.3. The Kier molecular flexibility index (Phi) is 48.4. The molecular formula is C100H134O30Si. The molecule has 1 saturated carbocycles. The summed E-state index contributed by atoms with van der Waals surface area (Å²) in [4.78, 5) is 124. The van der Waals surface area contributed by atoms with Crippen molar-refractivity contribution in [3.8, 4) is 28.7 Å². The van der Waals surface area contributed by atoms with Gasteiger partial charge in [-0.25, -0.2) is 5.26 Å². The van der Waals surface area contributed by atoms with E-state index in [4.69, 9.17) is 56.8 Å². The number of hydrogen-bond acceptors (Lipinski definition) is 30. The van der Waals surface area contributed by atoms with Crippen LogP contribution in [0.1, 0.15) is 265 Å². The lowest BCUT2D eigenvalue weighted by atomic mass is 9.79. The number of carbonyl (C=O) groups is 10. The second kappa shape index (κ2) is 56.3. The molecule has 0 unspecified atom stereocenters. The van der Waals surface area contributed by atoms with E-state index in [0.29, 0.717) is 152 Å². The molecule has 1 fully saturated rings. The lowest BCUT2D eigenvalue weighted by Gasteiger charge is -2.30. The Bertz CT molecular complexity index is 4340. The van der Waals surface area contributed by atoms with Crippen LogP contribution in [-0.4, -0.2) is 225 Å². The Hall–Kier alpha value is -10.6. The van der Waals surface area contributed by atoms with E-state index in [9.17, 15) is 83.7 Å². The average molecular weight is 1840 g/mol. The highest BCUT2D eigenvalue weighted by Gasteiger charge is 2.38. The summed E-state index contributed by atoms with van der Waals surface area (Å²) in [6.07, 6.45) is 10.8. The number of ether oxygens (including phenoxy) is 7. The van der Waals surface area contributed by atoms with Crippen molar-refractivity contribution in [2.24, 2.45) is 0 Å². The van der Waals surface area contributed by atoms with Gasteiger partial charge in [-0.3, -0.25) is 47.9 Å². The van der Waals surface area contributed by atoms with Gasteiger partial charge in [0.1, 0.15) is 108 Å². The summed E-state index contributed by atoms with van der Waals surface area (Å²) >= 11 is 0. The molecule has 31 heteroatoms. The Morgan fingerprint density at radius 2 is 0.534 bits per heavy atom. The van der Waals surface area contributed by atoms with Gasteiger partial charge in [-0.15, -0.1) is 0 Å². The molecule has 0 aromatic heterocycles. The Balaban J connectivity index is 0.000000491. The van der Waals surface area contributed by atoms with Crippen LogP contribution in [0.25, 0.3) is 0 Å². The number of aliphatic hydroxyl groups excluding tert-OH is 1. The molecule has 8 rings (SSSR count). The van der Waals surface area contributed by atoms with Crippen LogP contribution in [-0.2, 0) is 41.9 Å². The van der Waals surface area contributed by atoms with E-state index >= 15 is 0 Å². The van der Waals surface area contributed by atoms with E-state index in [1.807, 2.05) is 30.8 Å². The molecule has 7 aromatic rings. The third-order valence-corrected chi connectivity index (χ3v) is 21.8. The van der Waals surface area contributed by atoms with Gasteiger partial charge < -0.3 is 92.2 Å². The molecule has 0 spiro atoms. The number of esters is 3. The molecule has 0 heterocycles. The molecule has 0 radical (unpaired) electrons. The van der Waals surface area contributed by atoms with Gasteiger partial charge in [0.2, 0.25) is 0 Å². The van der Waals surface area contributed by atoms with Crippen LogP contribution in [0.5, 0.6) is 28.7 Å². The fourth-order valence-electron chi connectivity index (χ4n) is 12.3. The van der Waals surface area contributed by atoms with Crippen molar-refractivity contribution in [2.45, 2.75) is 238 Å².